The highest BCUT2D eigenvalue weighted by atomic mass is 32.2. The van der Waals surface area contributed by atoms with E-state index in [-0.39, 0.29) is 11.2 Å². The minimum atomic E-state index is -0.288. The van der Waals surface area contributed by atoms with Crippen LogP contribution in [0.15, 0.2) is 65.8 Å². The Kier molecular flexibility index (Phi) is 8.01. The summed E-state index contributed by atoms with van der Waals surface area (Å²) >= 11 is 1.48. The fourth-order valence-electron chi connectivity index (χ4n) is 3.93. The van der Waals surface area contributed by atoms with Crippen molar-refractivity contribution in [2.24, 2.45) is 0 Å². The first kappa shape index (κ1) is 23.3. The number of anilines is 1. The minimum Gasteiger partial charge on any atom is -0.378 e. The molecule has 0 aliphatic carbocycles. The van der Waals surface area contributed by atoms with Gasteiger partial charge in [0.05, 0.1) is 18.5 Å². The molecule has 1 fully saturated rings. The van der Waals surface area contributed by atoms with Crippen LogP contribution in [0.25, 0.3) is 0 Å². The number of morpholine rings is 1. The molecular weight excluding hydrogens is 434 g/mol. The first-order chi connectivity index (χ1) is 16.2. The van der Waals surface area contributed by atoms with E-state index in [0.717, 1.165) is 41.9 Å². The van der Waals surface area contributed by atoms with Crippen LogP contribution in [0.2, 0.25) is 0 Å². The van der Waals surface area contributed by atoms with E-state index >= 15 is 0 Å². The molecule has 2 aromatic carbocycles. The van der Waals surface area contributed by atoms with Gasteiger partial charge in [0, 0.05) is 32.7 Å². The smallest absolute Gasteiger partial charge is 0.236 e. The van der Waals surface area contributed by atoms with E-state index in [2.05, 4.69) is 50.9 Å². The Bertz CT molecular complexity index is 980. The van der Waals surface area contributed by atoms with Crippen LogP contribution in [0, 0.1) is 0 Å². The zero-order valence-electron chi connectivity index (χ0n) is 19.3. The van der Waals surface area contributed by atoms with E-state index in [0.29, 0.717) is 26.3 Å². The standard InChI is InChI=1S/C25H31N5O2S/c1-3-30-24(28-14-16-32-17-15-28)26-27-25(30)33-20(2)23(31)29(18-21-10-6-4-7-11-21)19-22-12-8-5-9-13-22/h4-13,20H,3,14-19H2,1-2H3. The summed E-state index contributed by atoms with van der Waals surface area (Å²) in [6, 6.07) is 20.3. The molecule has 1 amide bonds. The van der Waals surface area contributed by atoms with Gasteiger partial charge in [-0.1, -0.05) is 72.4 Å². The highest BCUT2D eigenvalue weighted by molar-refractivity contribution is 8.00. The Labute approximate surface area is 199 Å². The normalized spacial score (nSPS) is 14.8. The zero-order valence-corrected chi connectivity index (χ0v) is 20.1. The van der Waals surface area contributed by atoms with Crippen LogP contribution in [-0.2, 0) is 29.2 Å². The van der Waals surface area contributed by atoms with Gasteiger partial charge in [0.1, 0.15) is 0 Å². The molecule has 8 heteroatoms. The van der Waals surface area contributed by atoms with Gasteiger partial charge in [-0.05, 0) is 25.0 Å². The average molecular weight is 466 g/mol. The number of carbonyl (C=O) groups excluding carboxylic acids is 1. The maximum Gasteiger partial charge on any atom is 0.236 e. The fraction of sp³-hybridized carbons (Fsp3) is 0.400. The van der Waals surface area contributed by atoms with Gasteiger partial charge in [-0.25, -0.2) is 0 Å². The number of benzene rings is 2. The number of hydrogen-bond acceptors (Lipinski definition) is 6. The molecule has 0 radical (unpaired) electrons. The Balaban J connectivity index is 1.50. The molecule has 0 bridgehead atoms. The van der Waals surface area contributed by atoms with Crippen LogP contribution in [0.4, 0.5) is 5.95 Å². The Morgan fingerprint density at radius 3 is 2.12 bits per heavy atom. The summed E-state index contributed by atoms with van der Waals surface area (Å²) in [5.41, 5.74) is 2.23. The van der Waals surface area contributed by atoms with Crippen molar-refractivity contribution in [1.82, 2.24) is 19.7 Å². The molecule has 3 aromatic rings. The lowest BCUT2D eigenvalue weighted by Crippen LogP contribution is -2.38. The van der Waals surface area contributed by atoms with E-state index < -0.39 is 0 Å². The number of ether oxygens (including phenoxy) is 1. The van der Waals surface area contributed by atoms with Gasteiger partial charge >= 0.3 is 0 Å². The number of thioether (sulfide) groups is 1. The number of carbonyl (C=O) groups is 1. The number of nitrogens with zero attached hydrogens (tertiary/aromatic N) is 5. The number of amides is 1. The molecule has 1 aliphatic rings. The van der Waals surface area contributed by atoms with Crippen molar-refractivity contribution < 1.29 is 9.53 Å². The number of hydrogen-bond donors (Lipinski definition) is 0. The lowest BCUT2D eigenvalue weighted by Gasteiger charge is -2.28. The fourth-order valence-corrected chi connectivity index (χ4v) is 4.92. The molecule has 1 saturated heterocycles. The summed E-state index contributed by atoms with van der Waals surface area (Å²) in [7, 11) is 0. The monoisotopic (exact) mass is 465 g/mol. The third-order valence-corrected chi connectivity index (χ3v) is 6.75. The van der Waals surface area contributed by atoms with Gasteiger partial charge in [-0.15, -0.1) is 10.2 Å². The van der Waals surface area contributed by atoms with Crippen molar-refractivity contribution in [2.45, 2.75) is 43.9 Å². The van der Waals surface area contributed by atoms with Gasteiger partial charge in [0.15, 0.2) is 5.16 Å². The van der Waals surface area contributed by atoms with Gasteiger partial charge in [-0.3, -0.25) is 9.36 Å². The summed E-state index contributed by atoms with van der Waals surface area (Å²) < 4.78 is 7.56. The first-order valence-electron chi connectivity index (χ1n) is 11.4. The molecular formula is C25H31N5O2S. The van der Waals surface area contributed by atoms with Crippen LogP contribution in [0.3, 0.4) is 0 Å². The van der Waals surface area contributed by atoms with E-state index in [1.54, 1.807) is 0 Å². The Hall–Kier alpha value is -2.84. The van der Waals surface area contributed by atoms with Crippen LogP contribution >= 0.6 is 11.8 Å². The van der Waals surface area contributed by atoms with Crippen molar-refractivity contribution in [3.05, 3.63) is 71.8 Å². The van der Waals surface area contributed by atoms with Crippen molar-refractivity contribution in [1.29, 1.82) is 0 Å². The van der Waals surface area contributed by atoms with Crippen LogP contribution in [-0.4, -0.2) is 57.1 Å². The molecule has 174 valence electrons. The lowest BCUT2D eigenvalue weighted by atomic mass is 10.1. The zero-order chi connectivity index (χ0) is 23.0. The third-order valence-electron chi connectivity index (χ3n) is 5.68. The maximum atomic E-state index is 13.6. The molecule has 0 N–H and O–H groups in total. The molecule has 1 unspecified atom stereocenters. The highest BCUT2D eigenvalue weighted by Crippen LogP contribution is 2.28. The van der Waals surface area contributed by atoms with E-state index in [1.165, 1.54) is 11.8 Å². The van der Waals surface area contributed by atoms with Crippen molar-refractivity contribution >= 4 is 23.6 Å². The first-order valence-corrected chi connectivity index (χ1v) is 12.3. The van der Waals surface area contributed by atoms with E-state index in [4.69, 9.17) is 4.74 Å². The maximum absolute atomic E-state index is 13.6. The van der Waals surface area contributed by atoms with Crippen LogP contribution in [0.1, 0.15) is 25.0 Å². The minimum absolute atomic E-state index is 0.0891. The molecule has 2 heterocycles. The predicted molar refractivity (Wildman–Crippen MR) is 131 cm³/mol. The second-order valence-electron chi connectivity index (χ2n) is 8.05. The molecule has 33 heavy (non-hydrogen) atoms. The summed E-state index contributed by atoms with van der Waals surface area (Å²) in [5, 5.41) is 9.37. The van der Waals surface area contributed by atoms with Crippen LogP contribution < -0.4 is 4.90 Å². The molecule has 0 saturated carbocycles. The van der Waals surface area contributed by atoms with Crippen LogP contribution in [0.5, 0.6) is 0 Å². The second-order valence-corrected chi connectivity index (χ2v) is 9.36. The largest absolute Gasteiger partial charge is 0.378 e. The summed E-state index contributed by atoms with van der Waals surface area (Å²) in [6.07, 6.45) is 0. The molecule has 1 aromatic heterocycles. The Morgan fingerprint density at radius 1 is 1.00 bits per heavy atom. The molecule has 1 atom stereocenters. The molecule has 0 spiro atoms. The molecule has 7 nitrogen and oxygen atoms in total. The van der Waals surface area contributed by atoms with E-state index in [9.17, 15) is 4.79 Å². The van der Waals surface area contributed by atoms with Crippen molar-refractivity contribution in [3.8, 4) is 0 Å². The predicted octanol–water partition coefficient (Wildman–Crippen LogP) is 3.84. The third kappa shape index (κ3) is 5.94. The van der Waals surface area contributed by atoms with Gasteiger partial charge < -0.3 is 14.5 Å². The van der Waals surface area contributed by atoms with E-state index in [1.807, 2.05) is 48.2 Å². The molecule has 1 aliphatic heterocycles. The molecule has 4 rings (SSSR count). The Morgan fingerprint density at radius 2 is 1.58 bits per heavy atom. The number of rotatable bonds is 9. The van der Waals surface area contributed by atoms with Gasteiger partial charge in [0.2, 0.25) is 11.9 Å². The summed E-state index contributed by atoms with van der Waals surface area (Å²) in [5.74, 6) is 0.944. The number of aromatic nitrogens is 3. The highest BCUT2D eigenvalue weighted by Gasteiger charge is 2.26. The quantitative estimate of drug-likeness (QED) is 0.448. The summed E-state index contributed by atoms with van der Waals surface area (Å²) in [6.45, 7) is 8.93. The van der Waals surface area contributed by atoms with Gasteiger partial charge in [-0.2, -0.15) is 0 Å². The summed E-state index contributed by atoms with van der Waals surface area (Å²) in [4.78, 5) is 17.7. The SMILES string of the molecule is CCn1c(SC(C)C(=O)N(Cc2ccccc2)Cc2ccccc2)nnc1N1CCOCC1. The lowest BCUT2D eigenvalue weighted by molar-refractivity contribution is -0.131. The van der Waals surface area contributed by atoms with Crippen molar-refractivity contribution in [2.75, 3.05) is 31.2 Å². The van der Waals surface area contributed by atoms with Gasteiger partial charge in [0.25, 0.3) is 0 Å². The second kappa shape index (κ2) is 11.3. The van der Waals surface area contributed by atoms with Crippen molar-refractivity contribution in [3.63, 3.8) is 0 Å². The average Bonchev–Trinajstić information content (AvgIpc) is 3.27. The topological polar surface area (TPSA) is 63.5 Å².